The fourth-order valence-electron chi connectivity index (χ4n) is 4.79. The van der Waals surface area contributed by atoms with Crippen molar-refractivity contribution in [2.75, 3.05) is 26.2 Å². The zero-order valence-corrected chi connectivity index (χ0v) is 14.5. The number of aliphatic hydroxyl groups excluding tert-OH is 1. The molecule has 0 aromatic heterocycles. The molecule has 3 saturated heterocycles. The molecule has 26 heavy (non-hydrogen) atoms. The van der Waals surface area contributed by atoms with Crippen LogP contribution in [0.2, 0.25) is 0 Å². The second kappa shape index (κ2) is 5.89. The molecule has 4 nitrogen and oxygen atoms in total. The molecule has 3 fully saturated rings. The number of piperidine rings is 3. The predicted octanol–water partition coefficient (Wildman–Crippen LogP) is 2.70. The Bertz CT molecular complexity index is 863. The summed E-state index contributed by atoms with van der Waals surface area (Å²) in [7, 11) is 0. The Morgan fingerprint density at radius 2 is 1.88 bits per heavy atom. The smallest absolute Gasteiger partial charge is 0.236 e. The van der Waals surface area contributed by atoms with Gasteiger partial charge < -0.3 is 10.0 Å². The zero-order chi connectivity index (χ0) is 17.8. The number of amides is 1. The van der Waals surface area contributed by atoms with Crippen molar-refractivity contribution in [1.29, 1.82) is 0 Å². The number of carbonyl (C=O) groups is 1. The third-order valence-corrected chi connectivity index (χ3v) is 6.19. The van der Waals surface area contributed by atoms with E-state index in [1.165, 1.54) is 4.90 Å². The topological polar surface area (TPSA) is 43.8 Å². The summed E-state index contributed by atoms with van der Waals surface area (Å²) >= 11 is 0. The lowest BCUT2D eigenvalue weighted by atomic mass is 9.77. The molecule has 0 unspecified atom stereocenters. The second-order valence-corrected chi connectivity index (χ2v) is 7.54. The molecule has 5 aliphatic heterocycles. The van der Waals surface area contributed by atoms with E-state index in [0.717, 1.165) is 38.0 Å². The maximum atomic E-state index is 14.8. The maximum Gasteiger partial charge on any atom is 0.236 e. The Labute approximate surface area is 151 Å². The van der Waals surface area contributed by atoms with Gasteiger partial charge in [-0.25, -0.2) is 4.39 Å². The van der Waals surface area contributed by atoms with Crippen molar-refractivity contribution in [3.05, 3.63) is 64.8 Å². The molecule has 0 spiro atoms. The average molecular weight is 352 g/mol. The Kier molecular flexibility index (Phi) is 3.62. The number of nitrogens with zero attached hydrogens (tertiary/aromatic N) is 2. The van der Waals surface area contributed by atoms with Crippen LogP contribution in [0.3, 0.4) is 0 Å². The predicted molar refractivity (Wildman–Crippen MR) is 96.2 cm³/mol. The summed E-state index contributed by atoms with van der Waals surface area (Å²) in [5.74, 6) is -0.0752. The first-order chi connectivity index (χ1) is 12.7. The van der Waals surface area contributed by atoms with E-state index >= 15 is 0 Å². The van der Waals surface area contributed by atoms with Crippen molar-refractivity contribution in [3.63, 3.8) is 0 Å². The van der Waals surface area contributed by atoms with Crippen LogP contribution in [-0.2, 0) is 4.79 Å². The van der Waals surface area contributed by atoms with Crippen LogP contribution in [0.15, 0.2) is 59.2 Å². The number of hydrogen-bond donors (Lipinski definition) is 1. The Balaban J connectivity index is 1.53. The van der Waals surface area contributed by atoms with Crippen LogP contribution in [0.25, 0.3) is 5.57 Å². The van der Waals surface area contributed by atoms with Gasteiger partial charge >= 0.3 is 0 Å². The van der Waals surface area contributed by atoms with Gasteiger partial charge in [0.05, 0.1) is 23.9 Å². The Morgan fingerprint density at radius 3 is 2.50 bits per heavy atom. The van der Waals surface area contributed by atoms with E-state index in [0.29, 0.717) is 22.8 Å². The highest BCUT2D eigenvalue weighted by molar-refractivity contribution is 5.98. The fourth-order valence-corrected chi connectivity index (χ4v) is 4.79. The van der Waals surface area contributed by atoms with Crippen LogP contribution >= 0.6 is 0 Å². The molecule has 0 saturated carbocycles. The molecule has 1 N–H and O–H groups in total. The summed E-state index contributed by atoms with van der Waals surface area (Å²) in [6.45, 7) is 2.61. The van der Waals surface area contributed by atoms with Crippen molar-refractivity contribution < 1.29 is 14.3 Å². The van der Waals surface area contributed by atoms with Crippen molar-refractivity contribution >= 4 is 11.5 Å². The van der Waals surface area contributed by atoms with Gasteiger partial charge in [0.1, 0.15) is 0 Å². The van der Waals surface area contributed by atoms with E-state index in [1.54, 1.807) is 0 Å². The molecule has 0 radical (unpaired) electrons. The largest absolute Gasteiger partial charge is 0.392 e. The van der Waals surface area contributed by atoms with Crippen molar-refractivity contribution in [2.24, 2.45) is 11.8 Å². The molecular weight excluding hydrogens is 331 g/mol. The molecule has 134 valence electrons. The zero-order valence-electron chi connectivity index (χ0n) is 14.5. The van der Waals surface area contributed by atoms with Gasteiger partial charge in [0.2, 0.25) is 5.91 Å². The lowest BCUT2D eigenvalue weighted by molar-refractivity contribution is -0.139. The second-order valence-electron chi connectivity index (χ2n) is 7.54. The van der Waals surface area contributed by atoms with Gasteiger partial charge in [-0.05, 0) is 43.5 Å². The molecular formula is C21H21FN2O2. The number of carbonyl (C=O) groups excluding carboxylic acids is 1. The van der Waals surface area contributed by atoms with E-state index < -0.39 is 0 Å². The molecule has 6 rings (SSSR count). The average Bonchev–Trinajstić information content (AvgIpc) is 2.72. The first-order valence-electron chi connectivity index (χ1n) is 9.27. The van der Waals surface area contributed by atoms with Crippen LogP contribution in [0.4, 0.5) is 4.39 Å². The van der Waals surface area contributed by atoms with Gasteiger partial charge in [0, 0.05) is 17.7 Å². The highest BCUT2D eigenvalue weighted by Crippen LogP contribution is 2.50. The summed E-state index contributed by atoms with van der Waals surface area (Å²) in [4.78, 5) is 17.2. The third kappa shape index (κ3) is 2.17. The Morgan fingerprint density at radius 1 is 1.15 bits per heavy atom. The van der Waals surface area contributed by atoms with Gasteiger partial charge in [0.25, 0.3) is 0 Å². The molecule has 1 amide bonds. The third-order valence-electron chi connectivity index (χ3n) is 6.19. The normalized spacial score (nSPS) is 29.7. The fraction of sp³-hybridized carbons (Fsp3) is 0.381. The van der Waals surface area contributed by atoms with E-state index in [2.05, 4.69) is 4.90 Å². The van der Waals surface area contributed by atoms with Crippen LogP contribution < -0.4 is 0 Å². The van der Waals surface area contributed by atoms with Crippen LogP contribution in [0, 0.1) is 11.8 Å². The first kappa shape index (κ1) is 16.0. The summed E-state index contributed by atoms with van der Waals surface area (Å²) < 4.78 is 14.8. The van der Waals surface area contributed by atoms with Gasteiger partial charge in [-0.2, -0.15) is 0 Å². The summed E-state index contributed by atoms with van der Waals surface area (Å²) in [5, 5.41) is 9.75. The van der Waals surface area contributed by atoms with E-state index in [-0.39, 0.29) is 30.0 Å². The molecule has 1 aromatic rings. The van der Waals surface area contributed by atoms with Crippen molar-refractivity contribution in [3.8, 4) is 0 Å². The monoisotopic (exact) mass is 352 g/mol. The maximum absolute atomic E-state index is 14.8. The van der Waals surface area contributed by atoms with E-state index in [4.69, 9.17) is 0 Å². The highest BCUT2D eigenvalue weighted by Gasteiger charge is 2.49. The number of allylic oxidation sites excluding steroid dienone is 2. The molecule has 5 heterocycles. The SMILES string of the molecule is O=C([C@H]1CN2CCC1CC2)N1c2c(CO)cc(-c3ccccc3)c1c2F. The van der Waals surface area contributed by atoms with Gasteiger partial charge in [-0.15, -0.1) is 0 Å². The van der Waals surface area contributed by atoms with E-state index in [9.17, 15) is 14.3 Å². The number of aliphatic hydroxyl groups is 1. The lowest BCUT2D eigenvalue weighted by Crippen LogP contribution is -2.55. The first-order valence-corrected chi connectivity index (χ1v) is 9.27. The molecule has 0 aliphatic carbocycles. The number of benzene rings is 1. The molecule has 1 aromatic carbocycles. The minimum absolute atomic E-state index is 0.0155. The minimum Gasteiger partial charge on any atom is -0.392 e. The van der Waals surface area contributed by atoms with Gasteiger partial charge in [-0.3, -0.25) is 9.69 Å². The van der Waals surface area contributed by atoms with E-state index in [1.807, 2.05) is 36.4 Å². The Hall–Kier alpha value is -2.24. The summed E-state index contributed by atoms with van der Waals surface area (Å²) in [6.07, 6.45) is 3.89. The lowest BCUT2D eigenvalue weighted by Gasteiger charge is -2.48. The number of fused-ring (bicyclic) bond motifs is 5. The van der Waals surface area contributed by atoms with Crippen molar-refractivity contribution in [1.82, 2.24) is 9.80 Å². The summed E-state index contributed by atoms with van der Waals surface area (Å²) in [5.41, 5.74) is 2.64. The quantitative estimate of drug-likeness (QED) is 0.910. The van der Waals surface area contributed by atoms with Crippen LogP contribution in [-0.4, -0.2) is 47.1 Å². The summed E-state index contributed by atoms with van der Waals surface area (Å²) in [6, 6.07) is 9.50. The highest BCUT2D eigenvalue weighted by atomic mass is 19.1. The van der Waals surface area contributed by atoms with Gasteiger partial charge in [-0.1, -0.05) is 30.3 Å². The minimum atomic E-state index is -0.370. The van der Waals surface area contributed by atoms with Gasteiger partial charge in [0.15, 0.2) is 5.83 Å². The standard InChI is InChI=1S/C21H21FN2O2/c22-18-19-15(12-25)10-16(13-4-2-1-3-5-13)20(18)24(19)21(26)17-11-23-8-6-14(17)7-9-23/h1-5,10,14,17,25H,6-9,11-12H2/t17-/m0/s1. The number of rotatable bonds is 3. The molecule has 4 bridgehead atoms. The van der Waals surface area contributed by atoms with Crippen LogP contribution in [0.1, 0.15) is 18.4 Å². The molecule has 5 heteroatoms. The van der Waals surface area contributed by atoms with Crippen LogP contribution in [0.5, 0.6) is 0 Å². The molecule has 5 aliphatic rings. The molecule has 1 atom stereocenters. The number of hydrogen-bond acceptors (Lipinski definition) is 3. The van der Waals surface area contributed by atoms with Crippen molar-refractivity contribution in [2.45, 2.75) is 12.8 Å². The number of halogens is 1.